The van der Waals surface area contributed by atoms with Crippen LogP contribution in [0.3, 0.4) is 0 Å². The lowest BCUT2D eigenvalue weighted by atomic mass is 10.1. The van der Waals surface area contributed by atoms with Crippen LogP contribution in [0.25, 0.3) is 0 Å². The first-order valence-corrected chi connectivity index (χ1v) is 6.23. The van der Waals surface area contributed by atoms with Crippen molar-refractivity contribution in [1.29, 1.82) is 0 Å². The molecule has 0 aliphatic carbocycles. The number of carbonyl (C=O) groups is 1. The first-order chi connectivity index (χ1) is 8.52. The van der Waals surface area contributed by atoms with E-state index in [1.54, 1.807) is 24.3 Å². The Morgan fingerprint density at radius 2 is 1.89 bits per heavy atom. The van der Waals surface area contributed by atoms with E-state index < -0.39 is 12.1 Å². The maximum absolute atomic E-state index is 11.5. The van der Waals surface area contributed by atoms with Crippen molar-refractivity contribution in [3.63, 3.8) is 0 Å². The first kappa shape index (κ1) is 14.8. The summed E-state index contributed by atoms with van der Waals surface area (Å²) in [6, 6.07) is 6.80. The standard InChI is InChI=1S/C13H18ClNO3/c1-9(2)3-8-12(13(16)18-15)17-11-6-4-10(14)5-7-11/h4-7,9,12H,3,8,15H2,1-2H3/t12-/m0/s1. The van der Waals surface area contributed by atoms with Gasteiger partial charge in [-0.1, -0.05) is 25.4 Å². The Balaban J connectivity index is 2.65. The molecule has 0 aromatic heterocycles. The predicted octanol–water partition coefficient (Wildman–Crippen LogP) is 2.94. The van der Waals surface area contributed by atoms with Crippen LogP contribution in [0.15, 0.2) is 24.3 Å². The van der Waals surface area contributed by atoms with Crippen molar-refractivity contribution in [2.75, 3.05) is 0 Å². The van der Waals surface area contributed by atoms with Crippen LogP contribution in [0.5, 0.6) is 5.75 Å². The molecule has 0 aliphatic rings. The zero-order chi connectivity index (χ0) is 13.5. The molecule has 0 fully saturated rings. The monoisotopic (exact) mass is 271 g/mol. The van der Waals surface area contributed by atoms with E-state index in [0.717, 1.165) is 6.42 Å². The number of hydrogen-bond donors (Lipinski definition) is 1. The molecule has 0 radical (unpaired) electrons. The molecule has 0 unspecified atom stereocenters. The topological polar surface area (TPSA) is 61.5 Å². The second-order valence-corrected chi connectivity index (χ2v) is 4.90. The van der Waals surface area contributed by atoms with Gasteiger partial charge >= 0.3 is 5.97 Å². The maximum Gasteiger partial charge on any atom is 0.365 e. The van der Waals surface area contributed by atoms with E-state index in [4.69, 9.17) is 22.2 Å². The Morgan fingerprint density at radius 1 is 1.28 bits per heavy atom. The van der Waals surface area contributed by atoms with Gasteiger partial charge < -0.3 is 9.57 Å². The molecule has 0 bridgehead atoms. The molecule has 0 saturated carbocycles. The van der Waals surface area contributed by atoms with Gasteiger partial charge in [-0.3, -0.25) is 0 Å². The number of nitrogens with two attached hydrogens (primary N) is 1. The number of ether oxygens (including phenoxy) is 1. The number of hydrogen-bond acceptors (Lipinski definition) is 4. The highest BCUT2D eigenvalue weighted by atomic mass is 35.5. The van der Waals surface area contributed by atoms with Gasteiger partial charge in [-0.2, -0.15) is 5.90 Å². The number of halogens is 1. The average molecular weight is 272 g/mol. The molecule has 1 atom stereocenters. The SMILES string of the molecule is CC(C)CC[C@H](Oc1ccc(Cl)cc1)C(=O)ON. The van der Waals surface area contributed by atoms with E-state index in [-0.39, 0.29) is 0 Å². The smallest absolute Gasteiger partial charge is 0.365 e. The molecule has 0 saturated heterocycles. The van der Waals surface area contributed by atoms with Gasteiger partial charge in [0.2, 0.25) is 0 Å². The van der Waals surface area contributed by atoms with Gasteiger partial charge in [0.1, 0.15) is 5.75 Å². The van der Waals surface area contributed by atoms with Gasteiger partial charge in [0, 0.05) is 5.02 Å². The third-order valence-corrected chi connectivity index (χ3v) is 2.73. The summed E-state index contributed by atoms with van der Waals surface area (Å²) in [4.78, 5) is 15.7. The molecule has 1 aromatic rings. The fourth-order valence-corrected chi connectivity index (χ4v) is 1.59. The van der Waals surface area contributed by atoms with E-state index in [9.17, 15) is 4.79 Å². The van der Waals surface area contributed by atoms with Crippen molar-refractivity contribution < 1.29 is 14.4 Å². The molecule has 0 spiro atoms. The van der Waals surface area contributed by atoms with Crippen molar-refractivity contribution in [2.24, 2.45) is 11.8 Å². The summed E-state index contributed by atoms with van der Waals surface area (Å²) in [5.74, 6) is 5.39. The summed E-state index contributed by atoms with van der Waals surface area (Å²) in [5.41, 5.74) is 0. The van der Waals surface area contributed by atoms with Gasteiger partial charge in [-0.25, -0.2) is 4.79 Å². The van der Waals surface area contributed by atoms with Gasteiger partial charge in [0.25, 0.3) is 0 Å². The van der Waals surface area contributed by atoms with E-state index in [1.165, 1.54) is 0 Å². The molecule has 0 aliphatic heterocycles. The quantitative estimate of drug-likeness (QED) is 0.808. The highest BCUT2D eigenvalue weighted by Gasteiger charge is 2.22. The van der Waals surface area contributed by atoms with E-state index in [0.29, 0.717) is 23.1 Å². The Bertz CT molecular complexity index is 378. The Kier molecular flexibility index (Phi) is 5.95. The lowest BCUT2D eigenvalue weighted by Crippen LogP contribution is -2.31. The van der Waals surface area contributed by atoms with Crippen LogP contribution in [-0.4, -0.2) is 12.1 Å². The van der Waals surface area contributed by atoms with Crippen LogP contribution in [0.1, 0.15) is 26.7 Å². The van der Waals surface area contributed by atoms with Crippen LogP contribution in [0, 0.1) is 5.92 Å². The maximum atomic E-state index is 11.5. The van der Waals surface area contributed by atoms with Crippen LogP contribution >= 0.6 is 11.6 Å². The van der Waals surface area contributed by atoms with E-state index >= 15 is 0 Å². The van der Waals surface area contributed by atoms with Crippen molar-refractivity contribution in [3.8, 4) is 5.75 Å². The molecule has 18 heavy (non-hydrogen) atoms. The number of rotatable bonds is 6. The predicted molar refractivity (Wildman–Crippen MR) is 70.2 cm³/mol. The molecule has 1 rings (SSSR count). The summed E-state index contributed by atoms with van der Waals surface area (Å²) in [6.45, 7) is 4.15. The van der Waals surface area contributed by atoms with Crippen LogP contribution in [0.4, 0.5) is 0 Å². The minimum atomic E-state index is -0.682. The van der Waals surface area contributed by atoms with Gasteiger partial charge in [0.15, 0.2) is 6.10 Å². The van der Waals surface area contributed by atoms with Crippen molar-refractivity contribution in [2.45, 2.75) is 32.8 Å². The van der Waals surface area contributed by atoms with Gasteiger partial charge in [-0.15, -0.1) is 0 Å². The Hall–Kier alpha value is -1.26. The van der Waals surface area contributed by atoms with Crippen LogP contribution in [-0.2, 0) is 9.63 Å². The molecule has 0 heterocycles. The largest absolute Gasteiger partial charge is 0.479 e. The van der Waals surface area contributed by atoms with Crippen molar-refractivity contribution in [1.82, 2.24) is 0 Å². The van der Waals surface area contributed by atoms with Gasteiger partial charge in [0.05, 0.1) is 0 Å². The second kappa shape index (κ2) is 7.24. The third kappa shape index (κ3) is 4.94. The van der Waals surface area contributed by atoms with E-state index in [1.807, 2.05) is 0 Å². The Labute approximate surface area is 112 Å². The molecule has 4 nitrogen and oxygen atoms in total. The second-order valence-electron chi connectivity index (χ2n) is 4.47. The lowest BCUT2D eigenvalue weighted by Gasteiger charge is -2.17. The highest BCUT2D eigenvalue weighted by Crippen LogP contribution is 2.19. The average Bonchev–Trinajstić information content (AvgIpc) is 2.35. The number of benzene rings is 1. The molecule has 1 aromatic carbocycles. The fourth-order valence-electron chi connectivity index (χ4n) is 1.46. The van der Waals surface area contributed by atoms with Crippen LogP contribution < -0.4 is 10.6 Å². The van der Waals surface area contributed by atoms with Crippen molar-refractivity contribution in [3.05, 3.63) is 29.3 Å². The summed E-state index contributed by atoms with van der Waals surface area (Å²) in [5, 5.41) is 0.613. The molecule has 5 heteroatoms. The zero-order valence-corrected chi connectivity index (χ0v) is 11.3. The third-order valence-electron chi connectivity index (χ3n) is 2.48. The van der Waals surface area contributed by atoms with E-state index in [2.05, 4.69) is 18.7 Å². The summed E-state index contributed by atoms with van der Waals surface area (Å²) < 4.78 is 5.56. The molecule has 2 N–H and O–H groups in total. The fraction of sp³-hybridized carbons (Fsp3) is 0.462. The molecular formula is C13H18ClNO3. The molecule has 0 amide bonds. The minimum Gasteiger partial charge on any atom is -0.479 e. The molecule has 100 valence electrons. The molecular weight excluding hydrogens is 254 g/mol. The first-order valence-electron chi connectivity index (χ1n) is 5.85. The minimum absolute atomic E-state index is 0.479. The highest BCUT2D eigenvalue weighted by molar-refractivity contribution is 6.30. The van der Waals surface area contributed by atoms with Gasteiger partial charge in [-0.05, 0) is 43.0 Å². The van der Waals surface area contributed by atoms with Crippen molar-refractivity contribution >= 4 is 17.6 Å². The Morgan fingerprint density at radius 3 is 2.39 bits per heavy atom. The van der Waals surface area contributed by atoms with Crippen LogP contribution in [0.2, 0.25) is 5.02 Å². The summed E-state index contributed by atoms with van der Waals surface area (Å²) in [6.07, 6.45) is 0.738. The summed E-state index contributed by atoms with van der Waals surface area (Å²) in [7, 11) is 0. The normalized spacial score (nSPS) is 12.3. The lowest BCUT2D eigenvalue weighted by molar-refractivity contribution is -0.153. The number of carbonyl (C=O) groups excluding carboxylic acids is 1. The zero-order valence-electron chi connectivity index (χ0n) is 10.6. The summed E-state index contributed by atoms with van der Waals surface area (Å²) >= 11 is 5.77.